The number of amides is 1. The van der Waals surface area contributed by atoms with Gasteiger partial charge in [0.1, 0.15) is 0 Å². The lowest BCUT2D eigenvalue weighted by Crippen LogP contribution is -2.44. The van der Waals surface area contributed by atoms with Crippen LogP contribution in [0.1, 0.15) is 39.7 Å². The van der Waals surface area contributed by atoms with Gasteiger partial charge in [-0.2, -0.15) is 0 Å². The highest BCUT2D eigenvalue weighted by molar-refractivity contribution is 7.99. The van der Waals surface area contributed by atoms with Crippen molar-refractivity contribution in [3.63, 3.8) is 0 Å². The van der Waals surface area contributed by atoms with Gasteiger partial charge in [0.05, 0.1) is 17.8 Å². The van der Waals surface area contributed by atoms with Crippen molar-refractivity contribution in [3.8, 4) is 0 Å². The molecule has 110 valence electrons. The first-order chi connectivity index (χ1) is 9.49. The second-order valence-electron chi connectivity index (χ2n) is 5.33. The van der Waals surface area contributed by atoms with E-state index in [-0.39, 0.29) is 23.4 Å². The first kappa shape index (κ1) is 15.0. The molecule has 1 atom stereocenters. The summed E-state index contributed by atoms with van der Waals surface area (Å²) in [6, 6.07) is -0.0429. The van der Waals surface area contributed by atoms with Crippen molar-refractivity contribution in [3.05, 3.63) is 0 Å². The predicted octanol–water partition coefficient (Wildman–Crippen LogP) is 0.830. The number of carbonyl (C=O) groups excluding carboxylic acids is 2. The number of ketones is 1. The molecule has 1 fully saturated rings. The molecule has 0 bridgehead atoms. The Morgan fingerprint density at radius 1 is 1.45 bits per heavy atom. The molecule has 1 saturated carbocycles. The molecular weight excluding hydrogens is 278 g/mol. The number of nitrogens with one attached hydrogen (secondary N) is 1. The van der Waals surface area contributed by atoms with Gasteiger partial charge in [-0.1, -0.05) is 25.6 Å². The molecule has 2 rings (SSSR count). The van der Waals surface area contributed by atoms with E-state index in [1.165, 1.54) is 18.7 Å². The maximum atomic E-state index is 11.9. The first-order valence-corrected chi connectivity index (χ1v) is 7.68. The lowest BCUT2D eigenvalue weighted by Gasteiger charge is -2.19. The van der Waals surface area contributed by atoms with Gasteiger partial charge in [0.25, 0.3) is 0 Å². The van der Waals surface area contributed by atoms with E-state index in [9.17, 15) is 9.59 Å². The molecule has 0 aliphatic heterocycles. The number of thioether (sulfide) groups is 1. The zero-order valence-electron chi connectivity index (χ0n) is 11.9. The fraction of sp³-hybridized carbons (Fsp3) is 0.750. The molecule has 0 spiro atoms. The highest BCUT2D eigenvalue weighted by atomic mass is 32.2. The minimum Gasteiger partial charge on any atom is -0.345 e. The summed E-state index contributed by atoms with van der Waals surface area (Å²) in [7, 11) is 0. The number of rotatable bonds is 7. The fourth-order valence-electron chi connectivity index (χ4n) is 1.91. The number of aromatic nitrogens is 4. The third-order valence-electron chi connectivity index (χ3n) is 3.11. The number of tetrazole rings is 1. The molecule has 1 aliphatic rings. The van der Waals surface area contributed by atoms with Crippen LogP contribution in [0.4, 0.5) is 0 Å². The second-order valence-corrected chi connectivity index (χ2v) is 6.27. The van der Waals surface area contributed by atoms with Crippen molar-refractivity contribution in [2.45, 2.75) is 50.9 Å². The number of Topliss-reactive ketones (excluding diaryl/α,β-unsaturated/α-hetero) is 1. The first-order valence-electron chi connectivity index (χ1n) is 6.69. The summed E-state index contributed by atoms with van der Waals surface area (Å²) in [5.41, 5.74) is 0. The summed E-state index contributed by atoms with van der Waals surface area (Å²) >= 11 is 1.30. The van der Waals surface area contributed by atoms with Crippen LogP contribution in [0.2, 0.25) is 0 Å². The molecule has 0 radical (unpaired) electrons. The van der Waals surface area contributed by atoms with Crippen LogP contribution in [-0.4, -0.2) is 43.7 Å². The van der Waals surface area contributed by atoms with Crippen LogP contribution in [-0.2, 0) is 9.59 Å². The zero-order valence-corrected chi connectivity index (χ0v) is 12.7. The van der Waals surface area contributed by atoms with Crippen LogP contribution >= 0.6 is 11.8 Å². The molecule has 1 aromatic heterocycles. The Morgan fingerprint density at radius 2 is 2.15 bits per heavy atom. The lowest BCUT2D eigenvalue weighted by atomic mass is 10.0. The van der Waals surface area contributed by atoms with Gasteiger partial charge >= 0.3 is 0 Å². The molecule has 1 heterocycles. The largest absolute Gasteiger partial charge is 0.345 e. The topological polar surface area (TPSA) is 89.8 Å². The average Bonchev–Trinajstić information content (AvgIpc) is 3.12. The van der Waals surface area contributed by atoms with Crippen molar-refractivity contribution in [1.82, 2.24) is 25.5 Å². The van der Waals surface area contributed by atoms with Crippen molar-refractivity contribution >= 4 is 23.5 Å². The van der Waals surface area contributed by atoms with Crippen LogP contribution in [0.25, 0.3) is 0 Å². The van der Waals surface area contributed by atoms with Gasteiger partial charge in [-0.25, -0.2) is 4.68 Å². The van der Waals surface area contributed by atoms with Crippen LogP contribution in [0.3, 0.4) is 0 Å². The maximum absolute atomic E-state index is 11.9. The Balaban J connectivity index is 1.85. The van der Waals surface area contributed by atoms with Crippen molar-refractivity contribution in [2.24, 2.45) is 5.92 Å². The normalized spacial score (nSPS) is 16.2. The Bertz CT molecular complexity index is 498. The molecule has 0 saturated heterocycles. The second kappa shape index (κ2) is 6.34. The van der Waals surface area contributed by atoms with E-state index >= 15 is 0 Å². The standard InChI is InChI=1S/C12H19N5O2S/c1-7(2)11(8(3)18)13-10(19)6-20-12-14-15-16-17(12)9-4-5-9/h7,9,11H,4-6H2,1-3H3,(H,13,19). The lowest BCUT2D eigenvalue weighted by molar-refractivity contribution is -0.126. The molecule has 1 unspecified atom stereocenters. The summed E-state index contributed by atoms with van der Waals surface area (Å²) in [4.78, 5) is 23.3. The third kappa shape index (κ3) is 3.78. The quantitative estimate of drug-likeness (QED) is 0.750. The summed E-state index contributed by atoms with van der Waals surface area (Å²) in [5.74, 6) is 0.0949. The van der Waals surface area contributed by atoms with Crippen LogP contribution in [0, 0.1) is 5.92 Å². The van der Waals surface area contributed by atoms with Gasteiger partial charge in [-0.05, 0) is 36.1 Å². The van der Waals surface area contributed by atoms with E-state index in [0.29, 0.717) is 11.2 Å². The van der Waals surface area contributed by atoms with Crippen molar-refractivity contribution < 1.29 is 9.59 Å². The molecule has 1 aromatic rings. The highest BCUT2D eigenvalue weighted by Crippen LogP contribution is 2.36. The summed E-state index contributed by atoms with van der Waals surface area (Å²) in [5, 5.41) is 14.9. The van der Waals surface area contributed by atoms with E-state index in [2.05, 4.69) is 20.8 Å². The SMILES string of the molecule is CC(=O)C(NC(=O)CSc1nnnn1C1CC1)C(C)C. The Kier molecular flexibility index (Phi) is 4.74. The Hall–Kier alpha value is -1.44. The smallest absolute Gasteiger partial charge is 0.231 e. The third-order valence-corrected chi connectivity index (χ3v) is 4.04. The number of hydrogen-bond donors (Lipinski definition) is 1. The molecule has 1 N–H and O–H groups in total. The molecule has 0 aromatic carbocycles. The van der Waals surface area contributed by atoms with Gasteiger partial charge in [-0.15, -0.1) is 5.10 Å². The summed E-state index contributed by atoms with van der Waals surface area (Å²) in [6.45, 7) is 5.31. The molecule has 20 heavy (non-hydrogen) atoms. The minimum absolute atomic E-state index is 0.0267. The van der Waals surface area contributed by atoms with Gasteiger partial charge < -0.3 is 5.32 Å². The molecule has 1 amide bonds. The Labute approximate surface area is 121 Å². The average molecular weight is 297 g/mol. The number of hydrogen-bond acceptors (Lipinski definition) is 6. The Morgan fingerprint density at radius 3 is 2.70 bits per heavy atom. The van der Waals surface area contributed by atoms with Crippen molar-refractivity contribution in [2.75, 3.05) is 5.75 Å². The summed E-state index contributed by atoms with van der Waals surface area (Å²) < 4.78 is 1.77. The highest BCUT2D eigenvalue weighted by Gasteiger charge is 2.28. The molecule has 8 heteroatoms. The van der Waals surface area contributed by atoms with E-state index in [4.69, 9.17) is 0 Å². The molecular formula is C12H19N5O2S. The fourth-order valence-corrected chi connectivity index (χ4v) is 2.67. The van der Waals surface area contributed by atoms with Gasteiger partial charge in [-0.3, -0.25) is 9.59 Å². The van der Waals surface area contributed by atoms with E-state index in [1.54, 1.807) is 4.68 Å². The van der Waals surface area contributed by atoms with Crippen LogP contribution in [0.15, 0.2) is 5.16 Å². The van der Waals surface area contributed by atoms with Gasteiger partial charge in [0.15, 0.2) is 5.78 Å². The van der Waals surface area contributed by atoms with E-state index in [0.717, 1.165) is 12.8 Å². The molecule has 7 nitrogen and oxygen atoms in total. The predicted molar refractivity (Wildman–Crippen MR) is 74.3 cm³/mol. The van der Waals surface area contributed by atoms with Crippen molar-refractivity contribution in [1.29, 1.82) is 0 Å². The van der Waals surface area contributed by atoms with Crippen LogP contribution in [0.5, 0.6) is 0 Å². The van der Waals surface area contributed by atoms with E-state index < -0.39 is 6.04 Å². The zero-order chi connectivity index (χ0) is 14.7. The van der Waals surface area contributed by atoms with Gasteiger partial charge in [0.2, 0.25) is 11.1 Å². The summed E-state index contributed by atoms with van der Waals surface area (Å²) in [6.07, 6.45) is 2.18. The minimum atomic E-state index is -0.428. The van der Waals surface area contributed by atoms with Gasteiger partial charge in [0, 0.05) is 0 Å². The maximum Gasteiger partial charge on any atom is 0.231 e. The van der Waals surface area contributed by atoms with E-state index in [1.807, 2.05) is 13.8 Å². The number of nitrogens with zero attached hydrogens (tertiary/aromatic N) is 4. The monoisotopic (exact) mass is 297 g/mol. The van der Waals surface area contributed by atoms with Crippen LogP contribution < -0.4 is 5.32 Å². The number of carbonyl (C=O) groups is 2. The molecule has 1 aliphatic carbocycles.